The molecule has 3 nitrogen and oxygen atoms in total. The number of nitrogens with zero attached hydrogens (tertiary/aromatic N) is 1. The van der Waals surface area contributed by atoms with Crippen LogP contribution in [-0.4, -0.2) is 12.3 Å². The summed E-state index contributed by atoms with van der Waals surface area (Å²) in [7, 11) is 0. The monoisotopic (exact) mass is 277 g/mol. The number of ether oxygens (including phenoxy) is 1. The van der Waals surface area contributed by atoms with Gasteiger partial charge < -0.3 is 4.74 Å². The van der Waals surface area contributed by atoms with Crippen LogP contribution in [0.15, 0.2) is 83.9 Å². The van der Waals surface area contributed by atoms with Crippen LogP contribution >= 0.6 is 0 Å². The van der Waals surface area contributed by atoms with E-state index in [-0.39, 0.29) is 0 Å². The van der Waals surface area contributed by atoms with Crippen molar-refractivity contribution in [1.82, 2.24) is 0 Å². The van der Waals surface area contributed by atoms with Gasteiger partial charge in [0.25, 0.3) is 0 Å². The van der Waals surface area contributed by atoms with Crippen LogP contribution in [0.25, 0.3) is 6.08 Å². The Balaban J connectivity index is 1.78. The highest BCUT2D eigenvalue weighted by molar-refractivity contribution is 5.85. The zero-order valence-electron chi connectivity index (χ0n) is 11.4. The largest absolute Gasteiger partial charge is 0.439 e. The van der Waals surface area contributed by atoms with E-state index < -0.39 is 6.09 Å². The summed E-state index contributed by atoms with van der Waals surface area (Å²) in [4.78, 5) is 15.1. The Hall–Kier alpha value is -2.94. The summed E-state index contributed by atoms with van der Waals surface area (Å²) in [6.45, 7) is 0. The summed E-state index contributed by atoms with van der Waals surface area (Å²) < 4.78 is 5.00. The van der Waals surface area contributed by atoms with Crippen LogP contribution in [0.2, 0.25) is 0 Å². The molecule has 0 atom stereocenters. The second kappa shape index (κ2) is 8.27. The van der Waals surface area contributed by atoms with Crippen molar-refractivity contribution < 1.29 is 9.53 Å². The lowest BCUT2D eigenvalue weighted by atomic mass is 10.2. The van der Waals surface area contributed by atoms with Crippen LogP contribution in [0.3, 0.4) is 0 Å². The molecule has 0 heterocycles. The summed E-state index contributed by atoms with van der Waals surface area (Å²) in [5.41, 5.74) is 1.11. The summed E-state index contributed by atoms with van der Waals surface area (Å²) in [6.07, 6.45) is 8.08. The number of allylic oxidation sites excluding steroid dienone is 3. The van der Waals surface area contributed by atoms with Gasteiger partial charge in [-0.3, -0.25) is 0 Å². The summed E-state index contributed by atoms with van der Waals surface area (Å²) in [5, 5.41) is 0. The normalized spacial score (nSPS) is 11.4. The maximum atomic E-state index is 11.4. The molecule has 0 unspecified atom stereocenters. The van der Waals surface area contributed by atoms with Gasteiger partial charge in [0.05, 0.1) is 0 Å². The van der Waals surface area contributed by atoms with Gasteiger partial charge in [0.1, 0.15) is 5.75 Å². The van der Waals surface area contributed by atoms with E-state index in [2.05, 4.69) is 4.99 Å². The third-order valence-electron chi connectivity index (χ3n) is 2.52. The number of hydrogen-bond acceptors (Lipinski definition) is 2. The summed E-state index contributed by atoms with van der Waals surface area (Å²) in [6, 6.07) is 18.8. The lowest BCUT2D eigenvalue weighted by Crippen LogP contribution is -2.01. The van der Waals surface area contributed by atoms with E-state index in [9.17, 15) is 4.79 Å². The molecule has 0 aliphatic carbocycles. The van der Waals surface area contributed by atoms with Crippen LogP contribution in [0, 0.1) is 0 Å². The number of hydrogen-bond donors (Lipinski definition) is 0. The first-order valence-electron chi connectivity index (χ1n) is 6.54. The van der Waals surface area contributed by atoms with Crippen LogP contribution in [0.4, 0.5) is 4.79 Å². The zero-order chi connectivity index (χ0) is 14.8. The quantitative estimate of drug-likeness (QED) is 0.608. The molecule has 21 heavy (non-hydrogen) atoms. The highest BCUT2D eigenvalue weighted by Gasteiger charge is 1.98. The molecule has 0 aliphatic heterocycles. The average Bonchev–Trinajstić information content (AvgIpc) is 2.53. The zero-order valence-corrected chi connectivity index (χ0v) is 11.4. The first kappa shape index (κ1) is 14.5. The SMILES string of the molecule is O=C(/N=C/C=C\C=C\c1ccccc1)Oc1ccccc1. The summed E-state index contributed by atoms with van der Waals surface area (Å²) >= 11 is 0. The van der Waals surface area contributed by atoms with Gasteiger partial charge in [-0.25, -0.2) is 4.79 Å². The van der Waals surface area contributed by atoms with E-state index >= 15 is 0 Å². The van der Waals surface area contributed by atoms with E-state index in [1.807, 2.05) is 48.6 Å². The third kappa shape index (κ3) is 5.70. The predicted octanol–water partition coefficient (Wildman–Crippen LogP) is 4.53. The van der Waals surface area contributed by atoms with Crippen LogP contribution in [0.5, 0.6) is 5.75 Å². The molecule has 0 radical (unpaired) electrons. The number of carbonyl (C=O) groups excluding carboxylic acids is 1. The molecule has 104 valence electrons. The lowest BCUT2D eigenvalue weighted by Gasteiger charge is -1.97. The van der Waals surface area contributed by atoms with E-state index in [0.717, 1.165) is 5.56 Å². The lowest BCUT2D eigenvalue weighted by molar-refractivity contribution is 0.211. The molecule has 0 aromatic heterocycles. The van der Waals surface area contributed by atoms with Crippen molar-refractivity contribution >= 4 is 18.4 Å². The highest BCUT2D eigenvalue weighted by atomic mass is 16.5. The van der Waals surface area contributed by atoms with Gasteiger partial charge in [-0.15, -0.1) is 0 Å². The van der Waals surface area contributed by atoms with Gasteiger partial charge in [0.15, 0.2) is 0 Å². The number of para-hydroxylation sites is 1. The van der Waals surface area contributed by atoms with Gasteiger partial charge in [-0.1, -0.05) is 66.8 Å². The van der Waals surface area contributed by atoms with E-state index in [4.69, 9.17) is 4.74 Å². The number of amides is 1. The molecule has 0 aliphatic rings. The van der Waals surface area contributed by atoms with E-state index in [1.54, 1.807) is 36.4 Å². The molecule has 0 saturated carbocycles. The smallest absolute Gasteiger partial charge is 0.409 e. The van der Waals surface area contributed by atoms with Gasteiger partial charge in [0, 0.05) is 6.21 Å². The topological polar surface area (TPSA) is 38.7 Å². The second-order valence-electron chi connectivity index (χ2n) is 4.11. The molecular formula is C18H15NO2. The third-order valence-corrected chi connectivity index (χ3v) is 2.52. The Morgan fingerprint density at radius 3 is 2.24 bits per heavy atom. The Morgan fingerprint density at radius 1 is 0.857 bits per heavy atom. The fraction of sp³-hybridized carbons (Fsp3) is 0. The average molecular weight is 277 g/mol. The molecule has 0 saturated heterocycles. The molecule has 1 amide bonds. The highest BCUT2D eigenvalue weighted by Crippen LogP contribution is 2.08. The Bertz CT molecular complexity index is 643. The Labute approximate surface area is 123 Å². The molecule has 3 heteroatoms. The van der Waals surface area contributed by atoms with Crippen molar-refractivity contribution in [2.45, 2.75) is 0 Å². The second-order valence-corrected chi connectivity index (χ2v) is 4.11. The minimum Gasteiger partial charge on any atom is -0.409 e. The van der Waals surface area contributed by atoms with Crippen molar-refractivity contribution in [2.75, 3.05) is 0 Å². The Morgan fingerprint density at radius 2 is 1.52 bits per heavy atom. The first-order valence-corrected chi connectivity index (χ1v) is 6.54. The molecule has 0 bridgehead atoms. The van der Waals surface area contributed by atoms with Crippen LogP contribution < -0.4 is 4.74 Å². The first-order chi connectivity index (χ1) is 10.3. The van der Waals surface area contributed by atoms with Crippen molar-refractivity contribution in [2.24, 2.45) is 4.99 Å². The molecule has 0 fully saturated rings. The minimum atomic E-state index is -0.641. The van der Waals surface area contributed by atoms with Crippen molar-refractivity contribution in [3.05, 3.63) is 84.5 Å². The number of aliphatic imine (C=N–C) groups is 1. The predicted molar refractivity (Wildman–Crippen MR) is 85.6 cm³/mol. The Kier molecular flexibility index (Phi) is 5.70. The number of rotatable bonds is 4. The van der Waals surface area contributed by atoms with Gasteiger partial charge in [-0.05, 0) is 23.8 Å². The standard InChI is InChI=1S/C18H15NO2/c20-18(21-17-13-7-2-8-14-17)19-15-9-3-6-12-16-10-4-1-5-11-16/h1-15H/b9-3-,12-6+,19-15+. The number of carbonyl (C=O) groups is 1. The minimum absolute atomic E-state index is 0.479. The molecule has 0 spiro atoms. The van der Waals surface area contributed by atoms with E-state index in [0.29, 0.717) is 5.75 Å². The molecule has 2 rings (SSSR count). The van der Waals surface area contributed by atoms with E-state index in [1.165, 1.54) is 6.21 Å². The molecule has 0 N–H and O–H groups in total. The molecule has 2 aromatic rings. The van der Waals surface area contributed by atoms with Crippen molar-refractivity contribution in [1.29, 1.82) is 0 Å². The molecular weight excluding hydrogens is 262 g/mol. The fourth-order valence-corrected chi connectivity index (χ4v) is 1.56. The van der Waals surface area contributed by atoms with Gasteiger partial charge >= 0.3 is 6.09 Å². The van der Waals surface area contributed by atoms with Crippen LogP contribution in [0.1, 0.15) is 5.56 Å². The van der Waals surface area contributed by atoms with Crippen molar-refractivity contribution in [3.8, 4) is 5.75 Å². The number of benzene rings is 2. The fourth-order valence-electron chi connectivity index (χ4n) is 1.56. The van der Waals surface area contributed by atoms with Gasteiger partial charge in [0.2, 0.25) is 0 Å². The van der Waals surface area contributed by atoms with Crippen LogP contribution in [-0.2, 0) is 0 Å². The maximum Gasteiger partial charge on any atom is 0.439 e. The van der Waals surface area contributed by atoms with Crippen molar-refractivity contribution in [3.63, 3.8) is 0 Å². The maximum absolute atomic E-state index is 11.4. The van der Waals surface area contributed by atoms with Gasteiger partial charge in [-0.2, -0.15) is 4.99 Å². The summed E-state index contributed by atoms with van der Waals surface area (Å²) in [5.74, 6) is 0.479. The molecule has 2 aromatic carbocycles.